The number of hydrogen-bond acceptors (Lipinski definition) is 3. The quantitative estimate of drug-likeness (QED) is 0.572. The van der Waals surface area contributed by atoms with Crippen LogP contribution in [0.1, 0.15) is 57.1 Å². The molecule has 1 saturated heterocycles. The van der Waals surface area contributed by atoms with Crippen LogP contribution in [0.3, 0.4) is 0 Å². The maximum absolute atomic E-state index is 12.2. The number of anilines is 1. The Morgan fingerprint density at radius 3 is 2.41 bits per heavy atom. The van der Waals surface area contributed by atoms with Crippen molar-refractivity contribution < 1.29 is 9.59 Å². The van der Waals surface area contributed by atoms with Crippen LogP contribution >= 0.6 is 12.4 Å². The number of rotatable bonds is 7. The topological polar surface area (TPSA) is 82.3 Å². The van der Waals surface area contributed by atoms with Crippen LogP contribution in [-0.4, -0.2) is 31.1 Å². The fourth-order valence-electron chi connectivity index (χ4n) is 3.34. The molecule has 27 heavy (non-hydrogen) atoms. The molecule has 1 unspecified atom stereocenters. The molecule has 7 heteroatoms. The van der Waals surface area contributed by atoms with Gasteiger partial charge in [0.05, 0.1) is 6.04 Å². The van der Waals surface area contributed by atoms with Crippen molar-refractivity contribution in [1.29, 1.82) is 0 Å². The van der Waals surface area contributed by atoms with E-state index in [9.17, 15) is 9.59 Å². The fraction of sp³-hybridized carbons (Fsp3) is 0.600. The summed E-state index contributed by atoms with van der Waals surface area (Å²) in [6.07, 6.45) is 6.05. The Hall–Kier alpha value is -1.79. The predicted molar refractivity (Wildman–Crippen MR) is 110 cm³/mol. The maximum Gasteiger partial charge on any atom is 0.319 e. The van der Waals surface area contributed by atoms with E-state index in [-0.39, 0.29) is 30.4 Å². The maximum atomic E-state index is 12.2. The molecule has 4 N–H and O–H groups in total. The van der Waals surface area contributed by atoms with Crippen molar-refractivity contribution in [2.24, 2.45) is 5.92 Å². The zero-order chi connectivity index (χ0) is 18.4. The highest BCUT2D eigenvalue weighted by molar-refractivity contribution is 5.89. The first-order valence-corrected chi connectivity index (χ1v) is 9.77. The minimum Gasteiger partial charge on any atom is -0.350 e. The molecule has 3 amide bonds. The highest BCUT2D eigenvalue weighted by Gasteiger charge is 2.23. The van der Waals surface area contributed by atoms with Crippen molar-refractivity contribution in [2.75, 3.05) is 18.4 Å². The monoisotopic (exact) mass is 394 g/mol. The Balaban J connectivity index is 0.00000261. The average molecular weight is 395 g/mol. The van der Waals surface area contributed by atoms with Gasteiger partial charge >= 0.3 is 6.03 Å². The van der Waals surface area contributed by atoms with E-state index in [1.54, 1.807) is 0 Å². The van der Waals surface area contributed by atoms with Crippen LogP contribution in [0.4, 0.5) is 10.5 Å². The zero-order valence-corrected chi connectivity index (χ0v) is 16.7. The van der Waals surface area contributed by atoms with Crippen LogP contribution in [0.5, 0.6) is 0 Å². The number of halogens is 1. The molecule has 1 aliphatic heterocycles. The Kier molecular flexibility index (Phi) is 8.38. The lowest BCUT2D eigenvalue weighted by Crippen LogP contribution is -2.30. The molecular formula is C20H31ClN4O2. The van der Waals surface area contributed by atoms with Crippen LogP contribution in [0, 0.1) is 5.92 Å². The Morgan fingerprint density at radius 2 is 1.78 bits per heavy atom. The summed E-state index contributed by atoms with van der Waals surface area (Å²) < 4.78 is 0. The second kappa shape index (κ2) is 10.5. The number of benzene rings is 1. The predicted octanol–water partition coefficient (Wildman–Crippen LogP) is 3.35. The van der Waals surface area contributed by atoms with Crippen LogP contribution in [0.15, 0.2) is 24.3 Å². The summed E-state index contributed by atoms with van der Waals surface area (Å²) in [5.74, 6) is 0.784. The van der Waals surface area contributed by atoms with Gasteiger partial charge in [-0.3, -0.25) is 4.79 Å². The summed E-state index contributed by atoms with van der Waals surface area (Å²) in [6.45, 7) is 4.13. The van der Waals surface area contributed by atoms with Gasteiger partial charge in [0.2, 0.25) is 5.91 Å². The van der Waals surface area contributed by atoms with E-state index >= 15 is 0 Å². The highest BCUT2D eigenvalue weighted by atomic mass is 35.5. The molecule has 1 aromatic rings. The van der Waals surface area contributed by atoms with E-state index in [4.69, 9.17) is 0 Å². The lowest BCUT2D eigenvalue weighted by molar-refractivity contribution is -0.122. The third kappa shape index (κ3) is 7.39. The molecule has 0 aromatic heterocycles. The van der Waals surface area contributed by atoms with Crippen LogP contribution in [0.25, 0.3) is 0 Å². The molecule has 1 aromatic carbocycles. The largest absolute Gasteiger partial charge is 0.350 e. The number of carbonyl (C=O) groups excluding carboxylic acids is 2. The third-order valence-corrected chi connectivity index (χ3v) is 5.20. The molecule has 3 rings (SSSR count). The summed E-state index contributed by atoms with van der Waals surface area (Å²) in [4.78, 5) is 23.9. The third-order valence-electron chi connectivity index (χ3n) is 5.20. The molecule has 1 saturated carbocycles. The fourth-order valence-corrected chi connectivity index (χ4v) is 3.34. The zero-order valence-electron chi connectivity index (χ0n) is 15.9. The number of nitrogens with one attached hydrogen (secondary N) is 4. The summed E-state index contributed by atoms with van der Waals surface area (Å²) in [6, 6.07) is 7.80. The van der Waals surface area contributed by atoms with E-state index in [0.717, 1.165) is 43.6 Å². The Bertz CT molecular complexity index is 613. The molecule has 0 spiro atoms. The molecule has 2 aliphatic rings. The van der Waals surface area contributed by atoms with Crippen LogP contribution in [0.2, 0.25) is 0 Å². The molecule has 1 aliphatic carbocycles. The molecule has 150 valence electrons. The van der Waals surface area contributed by atoms with Gasteiger partial charge in [0.25, 0.3) is 0 Å². The van der Waals surface area contributed by atoms with E-state index in [2.05, 4.69) is 21.3 Å². The smallest absolute Gasteiger partial charge is 0.319 e. The average Bonchev–Trinajstić information content (AvgIpc) is 3.45. The number of amides is 3. The second-order valence-electron chi connectivity index (χ2n) is 7.52. The van der Waals surface area contributed by atoms with Crippen LogP contribution in [-0.2, 0) is 4.79 Å². The summed E-state index contributed by atoms with van der Waals surface area (Å²) in [5, 5.41) is 12.2. The van der Waals surface area contributed by atoms with Crippen molar-refractivity contribution in [3.63, 3.8) is 0 Å². The summed E-state index contributed by atoms with van der Waals surface area (Å²) in [7, 11) is 0. The van der Waals surface area contributed by atoms with Crippen molar-refractivity contribution in [3.8, 4) is 0 Å². The Morgan fingerprint density at radius 1 is 1.11 bits per heavy atom. The molecule has 1 heterocycles. The van der Waals surface area contributed by atoms with Gasteiger partial charge in [-0.1, -0.05) is 12.1 Å². The normalized spacial score (nSPS) is 18.1. The van der Waals surface area contributed by atoms with Crippen molar-refractivity contribution in [1.82, 2.24) is 16.0 Å². The molecule has 0 radical (unpaired) electrons. The van der Waals surface area contributed by atoms with Crippen molar-refractivity contribution >= 4 is 30.0 Å². The minimum atomic E-state index is -0.153. The number of hydrogen-bond donors (Lipinski definition) is 4. The van der Waals surface area contributed by atoms with E-state index in [1.807, 2.05) is 31.2 Å². The van der Waals surface area contributed by atoms with Crippen molar-refractivity contribution in [3.05, 3.63) is 29.8 Å². The highest BCUT2D eigenvalue weighted by Crippen LogP contribution is 2.20. The van der Waals surface area contributed by atoms with Gasteiger partial charge in [0.1, 0.15) is 0 Å². The van der Waals surface area contributed by atoms with Gasteiger partial charge in [0, 0.05) is 18.2 Å². The van der Waals surface area contributed by atoms with E-state index in [1.165, 1.54) is 12.8 Å². The van der Waals surface area contributed by atoms with Gasteiger partial charge < -0.3 is 21.3 Å². The second-order valence-corrected chi connectivity index (χ2v) is 7.52. The summed E-state index contributed by atoms with van der Waals surface area (Å²) >= 11 is 0. The van der Waals surface area contributed by atoms with Crippen LogP contribution < -0.4 is 21.3 Å². The first-order chi connectivity index (χ1) is 12.6. The van der Waals surface area contributed by atoms with Gasteiger partial charge in [-0.05, 0) is 75.7 Å². The lowest BCUT2D eigenvalue weighted by atomic mass is 9.93. The minimum absolute atomic E-state index is 0. The number of urea groups is 1. The Labute approximate surface area is 167 Å². The molecular weight excluding hydrogens is 364 g/mol. The first kappa shape index (κ1) is 21.5. The van der Waals surface area contributed by atoms with E-state index in [0.29, 0.717) is 18.4 Å². The molecule has 6 nitrogen and oxygen atoms in total. The SMILES string of the molecule is CC(NC(=O)CCC1CCNCC1)c1ccc(NC(=O)NC2CC2)cc1.Cl. The van der Waals surface area contributed by atoms with Crippen molar-refractivity contribution in [2.45, 2.75) is 57.5 Å². The van der Waals surface area contributed by atoms with Gasteiger partial charge in [0.15, 0.2) is 0 Å². The van der Waals surface area contributed by atoms with E-state index < -0.39 is 0 Å². The molecule has 0 bridgehead atoms. The van der Waals surface area contributed by atoms with Gasteiger partial charge in [-0.15, -0.1) is 12.4 Å². The standard InChI is InChI=1S/C20H30N4O2.ClH/c1-14(22-19(25)9-2-15-10-12-21-13-11-15)16-3-5-17(6-4-16)23-20(26)24-18-7-8-18;/h3-6,14-15,18,21H,2,7-13H2,1H3,(H,22,25)(H2,23,24,26);1H. The lowest BCUT2D eigenvalue weighted by Gasteiger charge is -2.22. The number of piperidine rings is 1. The molecule has 2 fully saturated rings. The number of carbonyl (C=O) groups is 2. The van der Waals surface area contributed by atoms with Gasteiger partial charge in [-0.25, -0.2) is 4.79 Å². The first-order valence-electron chi connectivity index (χ1n) is 9.77. The summed E-state index contributed by atoms with van der Waals surface area (Å²) in [5.41, 5.74) is 1.80. The van der Waals surface area contributed by atoms with Gasteiger partial charge in [-0.2, -0.15) is 0 Å². The molecule has 1 atom stereocenters.